The van der Waals surface area contributed by atoms with E-state index < -0.39 is 5.60 Å². The molecular weight excluding hydrogens is 226 g/mol. The Morgan fingerprint density at radius 2 is 2.06 bits per heavy atom. The molecule has 0 amide bonds. The molecule has 100 valence electrons. The van der Waals surface area contributed by atoms with Gasteiger partial charge < -0.3 is 9.84 Å². The minimum absolute atomic E-state index is 0.464. The number of ether oxygens (including phenoxy) is 1. The molecule has 2 rings (SSSR count). The van der Waals surface area contributed by atoms with Crippen LogP contribution in [0.5, 0.6) is 5.75 Å². The van der Waals surface area contributed by atoms with Crippen LogP contribution in [0, 0.1) is 6.92 Å². The topological polar surface area (TPSA) is 32.7 Å². The molecule has 1 saturated heterocycles. The van der Waals surface area contributed by atoms with Crippen molar-refractivity contribution in [2.75, 3.05) is 26.2 Å². The van der Waals surface area contributed by atoms with Gasteiger partial charge in [-0.2, -0.15) is 0 Å². The third kappa shape index (κ3) is 4.00. The zero-order valence-corrected chi connectivity index (χ0v) is 11.4. The summed E-state index contributed by atoms with van der Waals surface area (Å²) in [4.78, 5) is 2.35. The molecule has 3 heteroatoms. The van der Waals surface area contributed by atoms with Gasteiger partial charge in [0.2, 0.25) is 0 Å². The highest BCUT2D eigenvalue weighted by Crippen LogP contribution is 2.20. The van der Waals surface area contributed by atoms with Crippen LogP contribution in [0.2, 0.25) is 0 Å². The Balaban J connectivity index is 1.70. The summed E-state index contributed by atoms with van der Waals surface area (Å²) >= 11 is 0. The van der Waals surface area contributed by atoms with Crippen molar-refractivity contribution >= 4 is 0 Å². The van der Waals surface area contributed by atoms with Gasteiger partial charge in [0, 0.05) is 19.6 Å². The molecule has 1 aromatic rings. The average molecular weight is 249 g/mol. The second-order valence-corrected chi connectivity index (χ2v) is 5.50. The lowest BCUT2D eigenvalue weighted by Gasteiger charge is -2.35. The zero-order valence-electron chi connectivity index (χ0n) is 11.4. The van der Waals surface area contributed by atoms with E-state index >= 15 is 0 Å². The molecule has 1 fully saturated rings. The average Bonchev–Trinajstić information content (AvgIpc) is 2.31. The van der Waals surface area contributed by atoms with Gasteiger partial charge in [-0.1, -0.05) is 12.1 Å². The minimum atomic E-state index is -0.464. The van der Waals surface area contributed by atoms with Crippen LogP contribution in [-0.2, 0) is 0 Å². The van der Waals surface area contributed by atoms with Gasteiger partial charge in [0.05, 0.1) is 5.60 Å². The molecule has 0 aliphatic carbocycles. The lowest BCUT2D eigenvalue weighted by Crippen LogP contribution is -2.43. The van der Waals surface area contributed by atoms with Crippen LogP contribution in [0.3, 0.4) is 0 Å². The van der Waals surface area contributed by atoms with E-state index in [4.69, 9.17) is 4.74 Å². The van der Waals surface area contributed by atoms with E-state index in [-0.39, 0.29) is 0 Å². The third-order valence-corrected chi connectivity index (χ3v) is 3.60. The van der Waals surface area contributed by atoms with E-state index in [1.807, 2.05) is 19.1 Å². The fourth-order valence-corrected chi connectivity index (χ4v) is 2.26. The Labute approximate surface area is 109 Å². The van der Waals surface area contributed by atoms with Gasteiger partial charge in [-0.25, -0.2) is 0 Å². The number of piperidine rings is 1. The first-order valence-corrected chi connectivity index (χ1v) is 6.69. The number of likely N-dealkylation sites (tertiary alicyclic amines) is 1. The molecule has 0 bridgehead atoms. The lowest BCUT2D eigenvalue weighted by molar-refractivity contribution is -0.00768. The number of rotatable bonds is 4. The van der Waals surface area contributed by atoms with Crippen molar-refractivity contribution in [1.29, 1.82) is 0 Å². The molecule has 0 aromatic heterocycles. The SMILES string of the molecule is Cc1cccc(OCCN2CCC(C)(O)CC2)c1. The third-order valence-electron chi connectivity index (χ3n) is 3.60. The number of benzene rings is 1. The molecule has 3 nitrogen and oxygen atoms in total. The van der Waals surface area contributed by atoms with E-state index in [1.165, 1.54) is 5.56 Å². The first-order chi connectivity index (χ1) is 8.55. The molecule has 18 heavy (non-hydrogen) atoms. The summed E-state index contributed by atoms with van der Waals surface area (Å²) in [6.45, 7) is 7.57. The summed E-state index contributed by atoms with van der Waals surface area (Å²) < 4.78 is 5.74. The smallest absolute Gasteiger partial charge is 0.119 e. The van der Waals surface area contributed by atoms with Crippen molar-refractivity contribution in [2.45, 2.75) is 32.3 Å². The monoisotopic (exact) mass is 249 g/mol. The first-order valence-electron chi connectivity index (χ1n) is 6.69. The highest BCUT2D eigenvalue weighted by Gasteiger charge is 2.26. The maximum Gasteiger partial charge on any atom is 0.119 e. The van der Waals surface area contributed by atoms with Crippen LogP contribution in [0.1, 0.15) is 25.3 Å². The van der Waals surface area contributed by atoms with Crippen LogP contribution in [0.4, 0.5) is 0 Å². The van der Waals surface area contributed by atoms with Gasteiger partial charge >= 0.3 is 0 Å². The largest absolute Gasteiger partial charge is 0.492 e. The number of hydrogen-bond donors (Lipinski definition) is 1. The van der Waals surface area contributed by atoms with Crippen molar-refractivity contribution in [3.63, 3.8) is 0 Å². The van der Waals surface area contributed by atoms with Crippen LogP contribution in [0.25, 0.3) is 0 Å². The van der Waals surface area contributed by atoms with E-state index in [1.54, 1.807) is 0 Å². The normalized spacial score (nSPS) is 19.7. The first kappa shape index (κ1) is 13.4. The molecule has 1 N–H and O–H groups in total. The maximum atomic E-state index is 9.87. The van der Waals surface area contributed by atoms with Gasteiger partial charge in [0.15, 0.2) is 0 Å². The van der Waals surface area contributed by atoms with Crippen molar-refractivity contribution < 1.29 is 9.84 Å². The summed E-state index contributed by atoms with van der Waals surface area (Å²) in [6.07, 6.45) is 1.72. The number of aryl methyl sites for hydroxylation is 1. The Kier molecular flexibility index (Phi) is 4.25. The highest BCUT2D eigenvalue weighted by molar-refractivity contribution is 5.27. The van der Waals surface area contributed by atoms with Crippen molar-refractivity contribution in [3.05, 3.63) is 29.8 Å². The molecule has 1 heterocycles. The van der Waals surface area contributed by atoms with Crippen LogP contribution < -0.4 is 4.74 Å². The zero-order chi connectivity index (χ0) is 13.0. The molecular formula is C15H23NO2. The molecule has 0 spiro atoms. The fourth-order valence-electron chi connectivity index (χ4n) is 2.26. The summed E-state index contributed by atoms with van der Waals surface area (Å²) in [5, 5.41) is 9.87. The van der Waals surface area contributed by atoms with E-state index in [0.29, 0.717) is 6.61 Å². The van der Waals surface area contributed by atoms with E-state index in [0.717, 1.165) is 38.2 Å². The van der Waals surface area contributed by atoms with E-state index in [9.17, 15) is 5.11 Å². The molecule has 1 aliphatic rings. The summed E-state index contributed by atoms with van der Waals surface area (Å²) in [5.74, 6) is 0.944. The Morgan fingerprint density at radius 3 is 2.72 bits per heavy atom. The Morgan fingerprint density at radius 1 is 1.33 bits per heavy atom. The highest BCUT2D eigenvalue weighted by atomic mass is 16.5. The molecule has 1 aliphatic heterocycles. The Hall–Kier alpha value is -1.06. The molecule has 0 unspecified atom stereocenters. The standard InChI is InChI=1S/C15H23NO2/c1-13-4-3-5-14(12-13)18-11-10-16-8-6-15(2,17)7-9-16/h3-5,12,17H,6-11H2,1-2H3. The van der Waals surface area contributed by atoms with Crippen molar-refractivity contribution in [3.8, 4) is 5.75 Å². The van der Waals surface area contributed by atoms with Crippen LogP contribution in [0.15, 0.2) is 24.3 Å². The molecule has 0 radical (unpaired) electrons. The quantitative estimate of drug-likeness (QED) is 0.888. The Bertz CT molecular complexity index is 380. The predicted octanol–water partition coefficient (Wildman–Crippen LogP) is 2.22. The number of nitrogens with zero attached hydrogens (tertiary/aromatic N) is 1. The lowest BCUT2D eigenvalue weighted by atomic mass is 9.94. The molecule has 1 aromatic carbocycles. The summed E-state index contributed by atoms with van der Waals surface area (Å²) in [6, 6.07) is 8.14. The fraction of sp³-hybridized carbons (Fsp3) is 0.600. The van der Waals surface area contributed by atoms with Gasteiger partial charge in [0.25, 0.3) is 0 Å². The van der Waals surface area contributed by atoms with Gasteiger partial charge in [-0.15, -0.1) is 0 Å². The summed E-state index contributed by atoms with van der Waals surface area (Å²) in [7, 11) is 0. The van der Waals surface area contributed by atoms with Gasteiger partial charge in [-0.3, -0.25) is 4.90 Å². The maximum absolute atomic E-state index is 9.87. The predicted molar refractivity (Wildman–Crippen MR) is 73.0 cm³/mol. The van der Waals surface area contributed by atoms with Crippen LogP contribution >= 0.6 is 0 Å². The summed E-state index contributed by atoms with van der Waals surface area (Å²) in [5.41, 5.74) is 0.759. The van der Waals surface area contributed by atoms with Gasteiger partial charge in [-0.05, 0) is 44.4 Å². The van der Waals surface area contributed by atoms with Gasteiger partial charge in [0.1, 0.15) is 12.4 Å². The van der Waals surface area contributed by atoms with Crippen molar-refractivity contribution in [2.24, 2.45) is 0 Å². The van der Waals surface area contributed by atoms with Crippen LogP contribution in [-0.4, -0.2) is 41.8 Å². The number of hydrogen-bond acceptors (Lipinski definition) is 3. The van der Waals surface area contributed by atoms with E-state index in [2.05, 4.69) is 24.0 Å². The second-order valence-electron chi connectivity index (χ2n) is 5.50. The molecule has 0 saturated carbocycles. The second kappa shape index (κ2) is 5.72. The minimum Gasteiger partial charge on any atom is -0.492 e. The number of aliphatic hydroxyl groups is 1. The van der Waals surface area contributed by atoms with Crippen molar-refractivity contribution in [1.82, 2.24) is 4.90 Å². The molecule has 0 atom stereocenters.